The standard InChI is InChI=1S/C17H23NO2/c1-12-15-7-3-4-8-16(15)20-17(12)13(2)18-10-14-6-5-9-19-11-14/h3-4,7-8,13-14,18H,5-6,9-11H2,1-2H3. The first-order valence-electron chi connectivity index (χ1n) is 7.55. The average molecular weight is 273 g/mol. The number of hydrogen-bond donors (Lipinski definition) is 1. The molecule has 1 fully saturated rings. The minimum absolute atomic E-state index is 0.240. The Hall–Kier alpha value is -1.32. The lowest BCUT2D eigenvalue weighted by Crippen LogP contribution is -2.30. The van der Waals surface area contributed by atoms with Gasteiger partial charge in [0.1, 0.15) is 11.3 Å². The largest absolute Gasteiger partial charge is 0.459 e. The molecule has 1 saturated heterocycles. The lowest BCUT2D eigenvalue weighted by Gasteiger charge is -2.24. The SMILES string of the molecule is Cc1c(C(C)NCC2CCCOC2)oc2ccccc12. The van der Waals surface area contributed by atoms with E-state index in [-0.39, 0.29) is 6.04 Å². The van der Waals surface area contributed by atoms with Crippen LogP contribution in [-0.2, 0) is 4.74 Å². The lowest BCUT2D eigenvalue weighted by atomic mass is 10.0. The van der Waals surface area contributed by atoms with E-state index in [1.807, 2.05) is 12.1 Å². The topological polar surface area (TPSA) is 34.4 Å². The number of para-hydroxylation sites is 1. The quantitative estimate of drug-likeness (QED) is 0.919. The molecule has 3 heteroatoms. The van der Waals surface area contributed by atoms with Crippen molar-refractivity contribution in [3.8, 4) is 0 Å². The maximum absolute atomic E-state index is 6.01. The van der Waals surface area contributed by atoms with E-state index in [1.54, 1.807) is 0 Å². The first kappa shape index (κ1) is 13.7. The number of benzene rings is 1. The predicted molar refractivity (Wildman–Crippen MR) is 80.9 cm³/mol. The molecule has 3 nitrogen and oxygen atoms in total. The second-order valence-corrected chi connectivity index (χ2v) is 5.80. The normalized spacial score (nSPS) is 21.2. The molecule has 1 aromatic carbocycles. The highest BCUT2D eigenvalue weighted by molar-refractivity contribution is 5.82. The van der Waals surface area contributed by atoms with Crippen molar-refractivity contribution in [2.24, 2.45) is 5.92 Å². The van der Waals surface area contributed by atoms with Crippen LogP contribution < -0.4 is 5.32 Å². The molecule has 1 N–H and O–H groups in total. The first-order valence-corrected chi connectivity index (χ1v) is 7.55. The summed E-state index contributed by atoms with van der Waals surface area (Å²) >= 11 is 0. The Morgan fingerprint density at radius 2 is 2.20 bits per heavy atom. The van der Waals surface area contributed by atoms with Crippen LogP contribution in [0.4, 0.5) is 0 Å². The monoisotopic (exact) mass is 273 g/mol. The van der Waals surface area contributed by atoms with Gasteiger partial charge in [-0.15, -0.1) is 0 Å². The van der Waals surface area contributed by atoms with E-state index in [2.05, 4.69) is 31.3 Å². The van der Waals surface area contributed by atoms with Crippen molar-refractivity contribution >= 4 is 11.0 Å². The van der Waals surface area contributed by atoms with E-state index >= 15 is 0 Å². The van der Waals surface area contributed by atoms with Gasteiger partial charge in [-0.25, -0.2) is 0 Å². The van der Waals surface area contributed by atoms with Crippen molar-refractivity contribution in [1.29, 1.82) is 0 Å². The lowest BCUT2D eigenvalue weighted by molar-refractivity contribution is 0.0537. The van der Waals surface area contributed by atoms with Crippen molar-refractivity contribution in [2.45, 2.75) is 32.7 Å². The fraction of sp³-hybridized carbons (Fsp3) is 0.529. The van der Waals surface area contributed by atoms with E-state index < -0.39 is 0 Å². The van der Waals surface area contributed by atoms with Crippen LogP contribution in [-0.4, -0.2) is 19.8 Å². The fourth-order valence-electron chi connectivity index (χ4n) is 3.01. The highest BCUT2D eigenvalue weighted by Gasteiger charge is 2.19. The Morgan fingerprint density at radius 1 is 1.35 bits per heavy atom. The molecule has 2 unspecified atom stereocenters. The fourth-order valence-corrected chi connectivity index (χ4v) is 3.01. The minimum atomic E-state index is 0.240. The Kier molecular flexibility index (Phi) is 4.08. The summed E-state index contributed by atoms with van der Waals surface area (Å²) in [5.41, 5.74) is 2.23. The van der Waals surface area contributed by atoms with Gasteiger partial charge in [-0.05, 0) is 44.2 Å². The highest BCUT2D eigenvalue weighted by Crippen LogP contribution is 2.29. The molecule has 1 aliphatic rings. The van der Waals surface area contributed by atoms with E-state index in [0.717, 1.165) is 31.1 Å². The molecule has 20 heavy (non-hydrogen) atoms. The second-order valence-electron chi connectivity index (χ2n) is 5.80. The van der Waals surface area contributed by atoms with Crippen LogP contribution in [0.1, 0.15) is 37.1 Å². The third-order valence-electron chi connectivity index (χ3n) is 4.24. The third-order valence-corrected chi connectivity index (χ3v) is 4.24. The van der Waals surface area contributed by atoms with E-state index in [9.17, 15) is 0 Å². The molecular weight excluding hydrogens is 250 g/mol. The van der Waals surface area contributed by atoms with Crippen LogP contribution in [0, 0.1) is 12.8 Å². The van der Waals surface area contributed by atoms with Gasteiger partial charge in [0.2, 0.25) is 0 Å². The molecule has 0 spiro atoms. The minimum Gasteiger partial charge on any atom is -0.459 e. The first-order chi connectivity index (χ1) is 9.75. The Labute approximate surface area is 120 Å². The van der Waals surface area contributed by atoms with Crippen molar-refractivity contribution in [3.63, 3.8) is 0 Å². The number of rotatable bonds is 4. The summed E-state index contributed by atoms with van der Waals surface area (Å²) in [6.45, 7) is 7.13. The zero-order chi connectivity index (χ0) is 13.9. The van der Waals surface area contributed by atoms with Gasteiger partial charge in [0.25, 0.3) is 0 Å². The number of aryl methyl sites for hydroxylation is 1. The van der Waals surface area contributed by atoms with Gasteiger partial charge in [0, 0.05) is 18.5 Å². The van der Waals surface area contributed by atoms with Crippen LogP contribution in [0.15, 0.2) is 28.7 Å². The molecule has 108 valence electrons. The van der Waals surface area contributed by atoms with Crippen molar-refractivity contribution in [3.05, 3.63) is 35.6 Å². The van der Waals surface area contributed by atoms with Gasteiger partial charge >= 0.3 is 0 Å². The van der Waals surface area contributed by atoms with Gasteiger partial charge < -0.3 is 14.5 Å². The Balaban J connectivity index is 1.68. The Morgan fingerprint density at radius 3 is 2.95 bits per heavy atom. The zero-order valence-electron chi connectivity index (χ0n) is 12.3. The van der Waals surface area contributed by atoms with Crippen LogP contribution in [0.5, 0.6) is 0 Å². The summed E-state index contributed by atoms with van der Waals surface area (Å²) < 4.78 is 11.5. The van der Waals surface area contributed by atoms with Crippen molar-refractivity contribution < 1.29 is 9.15 Å². The number of ether oxygens (including phenoxy) is 1. The van der Waals surface area contributed by atoms with Gasteiger partial charge in [0.15, 0.2) is 0 Å². The summed E-state index contributed by atoms with van der Waals surface area (Å²) in [6.07, 6.45) is 2.45. The molecule has 0 aliphatic carbocycles. The molecule has 0 bridgehead atoms. The maximum Gasteiger partial charge on any atom is 0.134 e. The summed E-state index contributed by atoms with van der Waals surface area (Å²) in [6, 6.07) is 8.48. The highest BCUT2D eigenvalue weighted by atomic mass is 16.5. The van der Waals surface area contributed by atoms with Crippen molar-refractivity contribution in [1.82, 2.24) is 5.32 Å². The second kappa shape index (κ2) is 5.98. The molecule has 0 saturated carbocycles. The number of hydrogen-bond acceptors (Lipinski definition) is 3. The molecule has 0 radical (unpaired) electrons. The van der Waals surface area contributed by atoms with Crippen LogP contribution >= 0.6 is 0 Å². The average Bonchev–Trinajstić information content (AvgIpc) is 2.84. The molecule has 2 atom stereocenters. The molecule has 2 heterocycles. The van der Waals surface area contributed by atoms with E-state index in [0.29, 0.717) is 5.92 Å². The number of furan rings is 1. The summed E-state index contributed by atoms with van der Waals surface area (Å²) in [7, 11) is 0. The van der Waals surface area contributed by atoms with Gasteiger partial charge in [-0.3, -0.25) is 0 Å². The molecule has 1 aromatic heterocycles. The van der Waals surface area contributed by atoms with Crippen molar-refractivity contribution in [2.75, 3.05) is 19.8 Å². The van der Waals surface area contributed by atoms with Crippen LogP contribution in [0.25, 0.3) is 11.0 Å². The number of nitrogens with one attached hydrogen (secondary N) is 1. The van der Waals surface area contributed by atoms with Gasteiger partial charge in [0.05, 0.1) is 12.6 Å². The zero-order valence-corrected chi connectivity index (χ0v) is 12.3. The van der Waals surface area contributed by atoms with E-state index in [1.165, 1.54) is 23.8 Å². The number of fused-ring (bicyclic) bond motifs is 1. The summed E-state index contributed by atoms with van der Waals surface area (Å²) in [4.78, 5) is 0. The molecule has 3 rings (SSSR count). The van der Waals surface area contributed by atoms with Gasteiger partial charge in [-0.2, -0.15) is 0 Å². The van der Waals surface area contributed by atoms with Crippen LogP contribution in [0.3, 0.4) is 0 Å². The summed E-state index contributed by atoms with van der Waals surface area (Å²) in [5, 5.41) is 4.82. The van der Waals surface area contributed by atoms with Crippen LogP contribution in [0.2, 0.25) is 0 Å². The third kappa shape index (κ3) is 2.74. The van der Waals surface area contributed by atoms with Gasteiger partial charge in [-0.1, -0.05) is 18.2 Å². The predicted octanol–water partition coefficient (Wildman–Crippen LogP) is 3.82. The smallest absolute Gasteiger partial charge is 0.134 e. The molecule has 2 aromatic rings. The molecule has 0 amide bonds. The van der Waals surface area contributed by atoms with E-state index in [4.69, 9.17) is 9.15 Å². The Bertz CT molecular complexity index is 569. The molecule has 1 aliphatic heterocycles. The maximum atomic E-state index is 6.01. The summed E-state index contributed by atoms with van der Waals surface area (Å²) in [5.74, 6) is 1.69. The molecular formula is C17H23NO2.